The fraction of sp³-hybridized carbons (Fsp3) is 0.133. The number of esters is 1. The number of methoxy groups -OCH3 is 1. The number of furan rings is 1. The first kappa shape index (κ1) is 12.7. The number of hydrogen-bond acceptors (Lipinski definition) is 5. The van der Waals surface area contributed by atoms with Crippen LogP contribution in [0.4, 0.5) is 0 Å². The van der Waals surface area contributed by atoms with E-state index in [1.807, 2.05) is 25.1 Å². The SMILES string of the molecule is COC(=O)c1sccc1Oc1ccc2occ(C)c2c1. The van der Waals surface area contributed by atoms with Crippen molar-refractivity contribution < 1.29 is 18.7 Å². The first-order valence-electron chi connectivity index (χ1n) is 6.00. The summed E-state index contributed by atoms with van der Waals surface area (Å²) in [4.78, 5) is 12.1. The number of thiophene rings is 1. The molecule has 0 atom stereocenters. The average molecular weight is 288 g/mol. The van der Waals surface area contributed by atoms with Crippen molar-refractivity contribution >= 4 is 28.3 Å². The normalized spacial score (nSPS) is 10.7. The molecular weight excluding hydrogens is 276 g/mol. The second-order valence-corrected chi connectivity index (χ2v) is 5.20. The van der Waals surface area contributed by atoms with Crippen LogP contribution < -0.4 is 4.74 Å². The van der Waals surface area contributed by atoms with Gasteiger partial charge in [0.25, 0.3) is 0 Å². The number of carbonyl (C=O) groups excluding carboxylic acids is 1. The number of benzene rings is 1. The molecule has 0 aliphatic heterocycles. The molecule has 3 aromatic rings. The van der Waals surface area contributed by atoms with Crippen LogP contribution in [0.2, 0.25) is 0 Å². The maximum atomic E-state index is 11.6. The smallest absolute Gasteiger partial charge is 0.351 e. The lowest BCUT2D eigenvalue weighted by Crippen LogP contribution is -1.99. The lowest BCUT2D eigenvalue weighted by Gasteiger charge is -2.06. The van der Waals surface area contributed by atoms with E-state index < -0.39 is 5.97 Å². The number of fused-ring (bicyclic) bond motifs is 1. The largest absolute Gasteiger partial charge is 0.465 e. The van der Waals surface area contributed by atoms with Gasteiger partial charge in [0, 0.05) is 5.39 Å². The summed E-state index contributed by atoms with van der Waals surface area (Å²) in [6.45, 7) is 1.97. The molecule has 2 heterocycles. The van der Waals surface area contributed by atoms with E-state index in [0.29, 0.717) is 16.4 Å². The van der Waals surface area contributed by atoms with Gasteiger partial charge in [-0.05, 0) is 42.1 Å². The Kier molecular flexibility index (Phi) is 3.20. The first-order valence-corrected chi connectivity index (χ1v) is 6.88. The van der Waals surface area contributed by atoms with Gasteiger partial charge < -0.3 is 13.9 Å². The number of rotatable bonds is 3. The topological polar surface area (TPSA) is 48.7 Å². The molecule has 4 nitrogen and oxygen atoms in total. The zero-order valence-electron chi connectivity index (χ0n) is 11.0. The molecule has 0 aliphatic carbocycles. The van der Waals surface area contributed by atoms with Gasteiger partial charge in [-0.15, -0.1) is 11.3 Å². The van der Waals surface area contributed by atoms with E-state index in [4.69, 9.17) is 13.9 Å². The highest BCUT2D eigenvalue weighted by Gasteiger charge is 2.15. The molecule has 0 saturated carbocycles. The van der Waals surface area contributed by atoms with Crippen LogP contribution in [0.3, 0.4) is 0 Å². The van der Waals surface area contributed by atoms with Gasteiger partial charge in [-0.1, -0.05) is 0 Å². The van der Waals surface area contributed by atoms with Crippen LogP contribution in [0, 0.1) is 6.92 Å². The number of aryl methyl sites for hydroxylation is 1. The lowest BCUT2D eigenvalue weighted by molar-refractivity contribution is 0.0604. The monoisotopic (exact) mass is 288 g/mol. The fourth-order valence-electron chi connectivity index (χ4n) is 1.95. The van der Waals surface area contributed by atoms with E-state index in [0.717, 1.165) is 16.5 Å². The van der Waals surface area contributed by atoms with Crippen LogP contribution in [-0.4, -0.2) is 13.1 Å². The summed E-state index contributed by atoms with van der Waals surface area (Å²) in [6, 6.07) is 7.31. The summed E-state index contributed by atoms with van der Waals surface area (Å²) in [6.07, 6.45) is 1.71. The van der Waals surface area contributed by atoms with Gasteiger partial charge >= 0.3 is 5.97 Å². The van der Waals surface area contributed by atoms with E-state index in [-0.39, 0.29) is 0 Å². The second kappa shape index (κ2) is 5.02. The third kappa shape index (κ3) is 2.16. The molecule has 0 aliphatic rings. The van der Waals surface area contributed by atoms with Crippen molar-refractivity contribution in [3.63, 3.8) is 0 Å². The molecule has 0 saturated heterocycles. The molecule has 0 N–H and O–H groups in total. The van der Waals surface area contributed by atoms with Gasteiger partial charge in [0.05, 0.1) is 13.4 Å². The maximum absolute atomic E-state index is 11.6. The van der Waals surface area contributed by atoms with Crippen molar-refractivity contribution in [1.82, 2.24) is 0 Å². The predicted molar refractivity (Wildman–Crippen MR) is 76.7 cm³/mol. The van der Waals surface area contributed by atoms with Gasteiger partial charge in [0.15, 0.2) is 10.6 Å². The van der Waals surface area contributed by atoms with Crippen LogP contribution in [0.5, 0.6) is 11.5 Å². The van der Waals surface area contributed by atoms with Crippen LogP contribution >= 0.6 is 11.3 Å². The molecule has 0 radical (unpaired) electrons. The molecule has 0 spiro atoms. The summed E-state index contributed by atoms with van der Waals surface area (Å²) in [5.74, 6) is 0.767. The van der Waals surface area contributed by atoms with E-state index in [9.17, 15) is 4.79 Å². The molecule has 20 heavy (non-hydrogen) atoms. The molecule has 0 unspecified atom stereocenters. The Labute approximate surface area is 119 Å². The summed E-state index contributed by atoms with van der Waals surface area (Å²) in [5, 5.41) is 2.79. The molecule has 0 amide bonds. The third-order valence-corrected chi connectivity index (χ3v) is 3.84. The number of carbonyl (C=O) groups is 1. The van der Waals surface area contributed by atoms with Gasteiger partial charge in [0.1, 0.15) is 11.3 Å². The Morgan fingerprint density at radius 1 is 1.30 bits per heavy atom. The second-order valence-electron chi connectivity index (χ2n) is 4.28. The standard InChI is InChI=1S/C15H12O4S/c1-9-8-18-12-4-3-10(7-11(9)12)19-13-5-6-20-14(13)15(16)17-2/h3-8H,1-2H3. The lowest BCUT2D eigenvalue weighted by atomic mass is 10.2. The van der Waals surface area contributed by atoms with Crippen LogP contribution in [0.1, 0.15) is 15.2 Å². The summed E-state index contributed by atoms with van der Waals surface area (Å²) >= 11 is 1.29. The summed E-state index contributed by atoms with van der Waals surface area (Å²) in [5.41, 5.74) is 1.86. The van der Waals surface area contributed by atoms with Gasteiger partial charge in [-0.25, -0.2) is 4.79 Å². The van der Waals surface area contributed by atoms with Crippen LogP contribution in [0.25, 0.3) is 11.0 Å². The van der Waals surface area contributed by atoms with Crippen LogP contribution in [-0.2, 0) is 4.74 Å². The highest BCUT2D eigenvalue weighted by molar-refractivity contribution is 7.12. The van der Waals surface area contributed by atoms with Gasteiger partial charge in [0.2, 0.25) is 0 Å². The van der Waals surface area contributed by atoms with Gasteiger partial charge in [-0.3, -0.25) is 0 Å². The fourth-order valence-corrected chi connectivity index (χ4v) is 2.68. The molecule has 102 valence electrons. The van der Waals surface area contributed by atoms with Crippen molar-refractivity contribution in [2.24, 2.45) is 0 Å². The Balaban J connectivity index is 1.95. The Hall–Kier alpha value is -2.27. The van der Waals surface area contributed by atoms with E-state index >= 15 is 0 Å². The zero-order chi connectivity index (χ0) is 14.1. The molecule has 3 rings (SSSR count). The Morgan fingerprint density at radius 2 is 2.15 bits per heavy atom. The summed E-state index contributed by atoms with van der Waals surface area (Å²) < 4.78 is 15.9. The molecule has 5 heteroatoms. The average Bonchev–Trinajstić information content (AvgIpc) is 3.06. The van der Waals surface area contributed by atoms with E-state index in [1.54, 1.807) is 17.7 Å². The Morgan fingerprint density at radius 3 is 2.95 bits per heavy atom. The van der Waals surface area contributed by atoms with Gasteiger partial charge in [-0.2, -0.15) is 0 Å². The van der Waals surface area contributed by atoms with Crippen molar-refractivity contribution in [3.8, 4) is 11.5 Å². The molecule has 1 aromatic carbocycles. The quantitative estimate of drug-likeness (QED) is 0.671. The number of ether oxygens (including phenoxy) is 2. The minimum Gasteiger partial charge on any atom is -0.465 e. The third-order valence-electron chi connectivity index (χ3n) is 2.97. The molecular formula is C15H12O4S. The molecule has 2 aromatic heterocycles. The van der Waals surface area contributed by atoms with Crippen molar-refractivity contribution in [2.75, 3.05) is 7.11 Å². The van der Waals surface area contributed by atoms with Crippen molar-refractivity contribution in [1.29, 1.82) is 0 Å². The molecule has 0 bridgehead atoms. The summed E-state index contributed by atoms with van der Waals surface area (Å²) in [7, 11) is 1.35. The highest BCUT2D eigenvalue weighted by atomic mass is 32.1. The first-order chi connectivity index (χ1) is 9.69. The predicted octanol–water partition coefficient (Wildman–Crippen LogP) is 4.38. The minimum absolute atomic E-state index is 0.393. The molecule has 0 fully saturated rings. The Bertz CT molecular complexity index is 769. The van der Waals surface area contributed by atoms with E-state index in [2.05, 4.69) is 0 Å². The van der Waals surface area contributed by atoms with E-state index in [1.165, 1.54) is 18.4 Å². The van der Waals surface area contributed by atoms with Crippen molar-refractivity contribution in [3.05, 3.63) is 46.3 Å². The number of hydrogen-bond donors (Lipinski definition) is 0. The van der Waals surface area contributed by atoms with Crippen LogP contribution in [0.15, 0.2) is 40.3 Å². The maximum Gasteiger partial charge on any atom is 0.351 e. The van der Waals surface area contributed by atoms with Crippen molar-refractivity contribution in [2.45, 2.75) is 6.92 Å². The minimum atomic E-state index is -0.393. The highest BCUT2D eigenvalue weighted by Crippen LogP contribution is 2.32. The zero-order valence-corrected chi connectivity index (χ0v) is 11.8.